The minimum absolute atomic E-state index is 0.125. The summed E-state index contributed by atoms with van der Waals surface area (Å²) in [6, 6.07) is 9.87. The summed E-state index contributed by atoms with van der Waals surface area (Å²) in [7, 11) is 4.51. The Bertz CT molecular complexity index is 768. The molecule has 5 heterocycles. The third kappa shape index (κ3) is 1.27. The number of hydrogen-bond acceptors (Lipinski definition) is 3. The van der Waals surface area contributed by atoms with E-state index in [-0.39, 0.29) is 17.7 Å². The molecular formula is C21H29N2O2+. The van der Waals surface area contributed by atoms with Crippen LogP contribution in [0, 0.1) is 17.8 Å². The Morgan fingerprint density at radius 1 is 1.24 bits per heavy atom. The fourth-order valence-electron chi connectivity index (χ4n) is 8.58. The lowest BCUT2D eigenvalue weighted by atomic mass is 9.61. The molecule has 25 heavy (non-hydrogen) atoms. The summed E-state index contributed by atoms with van der Waals surface area (Å²) in [6.45, 7) is 2.21. The van der Waals surface area contributed by atoms with Crippen molar-refractivity contribution in [3.63, 3.8) is 0 Å². The Morgan fingerprint density at radius 3 is 2.76 bits per heavy atom. The van der Waals surface area contributed by atoms with Gasteiger partial charge in [-0.1, -0.05) is 25.1 Å². The first-order chi connectivity index (χ1) is 12.0. The van der Waals surface area contributed by atoms with Gasteiger partial charge in [0.25, 0.3) is 0 Å². The predicted molar refractivity (Wildman–Crippen MR) is 96.1 cm³/mol. The van der Waals surface area contributed by atoms with Gasteiger partial charge in [-0.25, -0.2) is 0 Å². The van der Waals surface area contributed by atoms with Crippen LogP contribution in [0.4, 0.5) is 5.69 Å². The highest BCUT2D eigenvalue weighted by Crippen LogP contribution is 2.70. The number of likely N-dealkylation sites (N-methyl/N-ethyl adjacent to an activating group) is 2. The van der Waals surface area contributed by atoms with Crippen molar-refractivity contribution in [1.82, 2.24) is 0 Å². The molecule has 1 spiro atoms. The van der Waals surface area contributed by atoms with Crippen LogP contribution >= 0.6 is 0 Å². The Hall–Kier alpha value is -1.10. The first kappa shape index (κ1) is 15.0. The zero-order chi connectivity index (χ0) is 17.3. The van der Waals surface area contributed by atoms with Gasteiger partial charge in [0.15, 0.2) is 6.23 Å². The van der Waals surface area contributed by atoms with E-state index in [0.29, 0.717) is 35.9 Å². The summed E-state index contributed by atoms with van der Waals surface area (Å²) in [5, 5.41) is 23.1. The highest BCUT2D eigenvalue weighted by atomic mass is 16.3. The van der Waals surface area contributed by atoms with Crippen molar-refractivity contribution in [2.45, 2.75) is 62.1 Å². The topological polar surface area (TPSA) is 43.7 Å². The van der Waals surface area contributed by atoms with E-state index >= 15 is 0 Å². The van der Waals surface area contributed by atoms with Gasteiger partial charge in [-0.15, -0.1) is 0 Å². The zero-order valence-corrected chi connectivity index (χ0v) is 15.3. The molecule has 1 saturated carbocycles. The van der Waals surface area contributed by atoms with Gasteiger partial charge >= 0.3 is 0 Å². The van der Waals surface area contributed by atoms with Crippen molar-refractivity contribution in [3.8, 4) is 0 Å². The number of benzene rings is 1. The van der Waals surface area contributed by atoms with E-state index in [4.69, 9.17) is 0 Å². The Balaban J connectivity index is 1.63. The molecule has 134 valence electrons. The molecule has 10 atom stereocenters. The lowest BCUT2D eigenvalue weighted by Gasteiger charge is -2.66. The number of aliphatic hydroxyl groups excluding tert-OH is 2. The molecule has 4 saturated heterocycles. The largest absolute Gasteiger partial charge is 0.392 e. The quantitative estimate of drug-likeness (QED) is 0.764. The van der Waals surface area contributed by atoms with Crippen LogP contribution in [-0.2, 0) is 5.41 Å². The fraction of sp³-hybridized carbons (Fsp3) is 0.714. The summed E-state index contributed by atoms with van der Waals surface area (Å²) in [5.41, 5.74) is 2.54. The van der Waals surface area contributed by atoms with Crippen LogP contribution in [0.3, 0.4) is 0 Å². The molecule has 0 radical (unpaired) electrons. The van der Waals surface area contributed by atoms with Crippen molar-refractivity contribution < 1.29 is 14.7 Å². The van der Waals surface area contributed by atoms with Gasteiger partial charge in [-0.05, 0) is 24.0 Å². The number of quaternary nitrogens is 1. The highest BCUT2D eigenvalue weighted by molar-refractivity contribution is 5.66. The van der Waals surface area contributed by atoms with E-state index in [9.17, 15) is 10.2 Å². The number of para-hydroxylation sites is 1. The van der Waals surface area contributed by atoms with Crippen LogP contribution in [0.15, 0.2) is 24.3 Å². The smallest absolute Gasteiger partial charge is 0.193 e. The van der Waals surface area contributed by atoms with Gasteiger partial charge in [-0.2, -0.15) is 0 Å². The Labute approximate surface area is 149 Å². The van der Waals surface area contributed by atoms with Gasteiger partial charge < -0.3 is 15.1 Å². The molecule has 5 bridgehead atoms. The van der Waals surface area contributed by atoms with Gasteiger partial charge in [-0.3, -0.25) is 4.48 Å². The number of aliphatic hydroxyl groups is 2. The second-order valence-corrected chi connectivity index (χ2v) is 9.58. The number of fused-ring (bicyclic) bond motifs is 2. The van der Waals surface area contributed by atoms with Crippen molar-refractivity contribution in [2.75, 3.05) is 19.0 Å². The first-order valence-electron chi connectivity index (χ1n) is 10.0. The molecule has 1 aromatic rings. The fourth-order valence-corrected chi connectivity index (χ4v) is 8.58. The molecule has 0 unspecified atom stereocenters. The van der Waals surface area contributed by atoms with Crippen molar-refractivity contribution >= 4 is 5.69 Å². The number of hydrogen-bond donors (Lipinski definition) is 2. The predicted octanol–water partition coefficient (Wildman–Crippen LogP) is 1.70. The van der Waals surface area contributed by atoms with Crippen molar-refractivity contribution in [2.24, 2.45) is 17.8 Å². The van der Waals surface area contributed by atoms with E-state index in [2.05, 4.69) is 50.2 Å². The zero-order valence-electron chi connectivity index (χ0n) is 15.3. The molecule has 1 aromatic carbocycles. The summed E-state index contributed by atoms with van der Waals surface area (Å²) in [4.78, 5) is 2.44. The normalized spacial score (nSPS) is 57.1. The maximum atomic E-state index is 11.7. The monoisotopic (exact) mass is 341 g/mol. The summed E-state index contributed by atoms with van der Waals surface area (Å²) in [6.07, 6.45) is 2.67. The first-order valence-corrected chi connectivity index (χ1v) is 10.0. The standard InChI is InChI=1S/C21H29N2O2/c1-4-11-12-9-15-18-21(13-7-5-6-8-14(13)22(18)2)10-16(17(12)19(21)24)23(15,3)20(11)25/h5-8,11-12,15-20,24-25H,4,9-10H2,1-3H3/q+1/t11-,12-,15+,16+,17-,18+,19+,20-,21+,23-/m1/s1. The summed E-state index contributed by atoms with van der Waals surface area (Å²) >= 11 is 0. The van der Waals surface area contributed by atoms with Crippen molar-refractivity contribution in [3.05, 3.63) is 29.8 Å². The van der Waals surface area contributed by atoms with E-state index in [1.54, 1.807) is 0 Å². The Morgan fingerprint density at radius 2 is 2.00 bits per heavy atom. The highest BCUT2D eigenvalue weighted by Gasteiger charge is 2.82. The van der Waals surface area contributed by atoms with Crippen molar-refractivity contribution in [1.29, 1.82) is 0 Å². The number of piperidine rings is 4. The van der Waals surface area contributed by atoms with Gasteiger partial charge in [0.05, 0.1) is 30.7 Å². The van der Waals surface area contributed by atoms with Gasteiger partial charge in [0, 0.05) is 37.4 Å². The van der Waals surface area contributed by atoms with Gasteiger partial charge in [0.2, 0.25) is 0 Å². The lowest BCUT2D eigenvalue weighted by molar-refractivity contribution is -1.02. The molecule has 2 N–H and O–H groups in total. The number of rotatable bonds is 1. The van der Waals surface area contributed by atoms with E-state index in [0.717, 1.165) is 23.7 Å². The molecule has 1 aliphatic carbocycles. The molecule has 0 aromatic heterocycles. The van der Waals surface area contributed by atoms with E-state index < -0.39 is 0 Å². The van der Waals surface area contributed by atoms with Crippen LogP contribution in [0.1, 0.15) is 31.7 Å². The molecule has 6 aliphatic rings. The second kappa shape index (κ2) is 4.24. The van der Waals surface area contributed by atoms with Gasteiger partial charge in [0.1, 0.15) is 6.04 Å². The molecule has 4 nitrogen and oxygen atoms in total. The van der Waals surface area contributed by atoms with Crippen LogP contribution in [-0.4, -0.2) is 59.2 Å². The summed E-state index contributed by atoms with van der Waals surface area (Å²) in [5.74, 6) is 1.17. The molecule has 0 amide bonds. The Kier molecular flexibility index (Phi) is 2.54. The minimum atomic E-state index is -0.273. The van der Waals surface area contributed by atoms with E-state index in [1.807, 2.05) is 0 Å². The SMILES string of the molecule is CC[C@@H]1[C@H]2C[C@H]3[C@@H]4N(C)c5ccccc5[C@@]45C[C@@H]([C@@H]2[C@@H]5O)[N@+]3(C)[C@@H]1O. The minimum Gasteiger partial charge on any atom is -0.392 e. The summed E-state index contributed by atoms with van der Waals surface area (Å²) < 4.78 is 0.779. The van der Waals surface area contributed by atoms with E-state index in [1.165, 1.54) is 11.3 Å². The lowest BCUT2D eigenvalue weighted by Crippen LogP contribution is -2.81. The van der Waals surface area contributed by atoms with Crippen LogP contribution in [0.2, 0.25) is 0 Å². The average Bonchev–Trinajstić information content (AvgIpc) is 2.99. The maximum Gasteiger partial charge on any atom is 0.193 e. The molecule has 7 rings (SSSR count). The number of anilines is 1. The molecular weight excluding hydrogens is 312 g/mol. The third-order valence-corrected chi connectivity index (χ3v) is 9.39. The maximum absolute atomic E-state index is 11.7. The third-order valence-electron chi connectivity index (χ3n) is 9.39. The van der Waals surface area contributed by atoms with Crippen LogP contribution in [0.5, 0.6) is 0 Å². The average molecular weight is 341 g/mol. The molecule has 5 fully saturated rings. The number of nitrogens with zero attached hydrogens (tertiary/aromatic N) is 2. The van der Waals surface area contributed by atoms with Crippen LogP contribution in [0.25, 0.3) is 0 Å². The molecule has 5 aliphatic heterocycles. The molecule has 4 heteroatoms. The second-order valence-electron chi connectivity index (χ2n) is 9.58. The van der Waals surface area contributed by atoms with Crippen LogP contribution < -0.4 is 4.90 Å².